The predicted octanol–water partition coefficient (Wildman–Crippen LogP) is 2.47. The summed E-state index contributed by atoms with van der Waals surface area (Å²) in [6.07, 6.45) is 3.93. The van der Waals surface area contributed by atoms with Crippen molar-refractivity contribution in [3.8, 4) is 0 Å². The Morgan fingerprint density at radius 1 is 1.50 bits per heavy atom. The molecule has 2 nitrogen and oxygen atoms in total. The fourth-order valence-electron chi connectivity index (χ4n) is 0.566. The molecule has 0 saturated carbocycles. The molecule has 0 radical (unpaired) electrons. The van der Waals surface area contributed by atoms with E-state index in [0.717, 1.165) is 12.8 Å². The maximum absolute atomic E-state index is 11.3. The molecule has 0 heterocycles. The Morgan fingerprint density at radius 3 is 2.50 bits per heavy atom. The lowest BCUT2D eigenvalue weighted by atomic mass is 10.2. The van der Waals surface area contributed by atoms with Crippen molar-refractivity contribution >= 4 is 17.7 Å². The highest BCUT2D eigenvalue weighted by atomic mass is 32.2. The first-order valence-electron chi connectivity index (χ1n) is 4.27. The van der Waals surface area contributed by atoms with E-state index in [2.05, 4.69) is 6.92 Å². The van der Waals surface area contributed by atoms with Crippen LogP contribution in [0.2, 0.25) is 0 Å². The summed E-state index contributed by atoms with van der Waals surface area (Å²) in [5.74, 6) is -0.108. The van der Waals surface area contributed by atoms with Crippen molar-refractivity contribution in [3.63, 3.8) is 0 Å². The minimum atomic E-state index is -0.395. The second kappa shape index (κ2) is 5.46. The zero-order valence-corrected chi connectivity index (χ0v) is 9.16. The summed E-state index contributed by atoms with van der Waals surface area (Å²) in [7, 11) is 0. The van der Waals surface area contributed by atoms with Gasteiger partial charge in [0.1, 0.15) is 4.75 Å². The van der Waals surface area contributed by atoms with E-state index in [1.807, 2.05) is 20.1 Å². The van der Waals surface area contributed by atoms with E-state index < -0.39 is 4.75 Å². The average molecular weight is 190 g/mol. The standard InChI is InChI=1S/C9H18O2S/c1-5-6-7-11-8(10)9(2,3)12-4/h5-7H2,1-4H3. The van der Waals surface area contributed by atoms with Crippen LogP contribution in [0.3, 0.4) is 0 Å². The number of hydrogen-bond donors (Lipinski definition) is 0. The molecule has 0 saturated heterocycles. The number of carbonyl (C=O) groups is 1. The predicted molar refractivity (Wildman–Crippen MR) is 53.5 cm³/mol. The summed E-state index contributed by atoms with van der Waals surface area (Å²) in [5, 5.41) is 0. The van der Waals surface area contributed by atoms with Crippen LogP contribution >= 0.6 is 11.8 Å². The number of thioether (sulfide) groups is 1. The summed E-state index contributed by atoms with van der Waals surface area (Å²) >= 11 is 1.52. The van der Waals surface area contributed by atoms with Crippen molar-refractivity contribution < 1.29 is 9.53 Å². The molecule has 12 heavy (non-hydrogen) atoms. The SMILES string of the molecule is CCCCOC(=O)C(C)(C)SC. The maximum Gasteiger partial charge on any atom is 0.321 e. The van der Waals surface area contributed by atoms with Crippen molar-refractivity contribution in [2.75, 3.05) is 12.9 Å². The highest BCUT2D eigenvalue weighted by Gasteiger charge is 2.27. The molecule has 3 heteroatoms. The topological polar surface area (TPSA) is 26.3 Å². The Labute approximate surface area is 79.1 Å². The van der Waals surface area contributed by atoms with Crippen LogP contribution in [0, 0.1) is 0 Å². The molecule has 0 unspecified atom stereocenters. The number of hydrogen-bond acceptors (Lipinski definition) is 3. The van der Waals surface area contributed by atoms with Gasteiger partial charge in [-0.15, -0.1) is 11.8 Å². The Kier molecular flexibility index (Phi) is 5.38. The first kappa shape index (κ1) is 11.8. The molecule has 0 amide bonds. The number of unbranched alkanes of at least 4 members (excludes halogenated alkanes) is 1. The molecule has 0 aliphatic carbocycles. The maximum atomic E-state index is 11.3. The van der Waals surface area contributed by atoms with Crippen LogP contribution in [0.15, 0.2) is 0 Å². The molecule has 0 N–H and O–H groups in total. The van der Waals surface area contributed by atoms with Gasteiger partial charge in [0, 0.05) is 0 Å². The van der Waals surface area contributed by atoms with Crippen LogP contribution in [0.25, 0.3) is 0 Å². The average Bonchev–Trinajstić information content (AvgIpc) is 2.05. The molecule has 0 rings (SSSR count). The van der Waals surface area contributed by atoms with Crippen LogP contribution < -0.4 is 0 Å². The lowest BCUT2D eigenvalue weighted by Gasteiger charge is -2.19. The first-order chi connectivity index (χ1) is 5.54. The molecule has 0 aliphatic heterocycles. The second-order valence-corrected chi connectivity index (χ2v) is 4.63. The Balaban J connectivity index is 3.72. The van der Waals surface area contributed by atoms with Gasteiger partial charge in [0.25, 0.3) is 0 Å². The van der Waals surface area contributed by atoms with Gasteiger partial charge in [-0.2, -0.15) is 0 Å². The van der Waals surface area contributed by atoms with E-state index in [9.17, 15) is 4.79 Å². The summed E-state index contributed by atoms with van der Waals surface area (Å²) in [6, 6.07) is 0. The highest BCUT2D eigenvalue weighted by molar-refractivity contribution is 8.00. The van der Waals surface area contributed by atoms with Gasteiger partial charge in [0.15, 0.2) is 0 Å². The van der Waals surface area contributed by atoms with Gasteiger partial charge in [0.2, 0.25) is 0 Å². The van der Waals surface area contributed by atoms with E-state index in [0.29, 0.717) is 6.61 Å². The fraction of sp³-hybridized carbons (Fsp3) is 0.889. The van der Waals surface area contributed by atoms with E-state index in [1.54, 1.807) is 0 Å². The van der Waals surface area contributed by atoms with Crippen LogP contribution in [0.4, 0.5) is 0 Å². The Morgan fingerprint density at radius 2 is 2.08 bits per heavy atom. The molecular weight excluding hydrogens is 172 g/mol. The number of rotatable bonds is 5. The van der Waals surface area contributed by atoms with Crippen molar-refractivity contribution in [2.24, 2.45) is 0 Å². The first-order valence-corrected chi connectivity index (χ1v) is 5.49. The van der Waals surface area contributed by atoms with Gasteiger partial charge in [-0.25, -0.2) is 0 Å². The minimum absolute atomic E-state index is 0.108. The second-order valence-electron chi connectivity index (χ2n) is 3.20. The van der Waals surface area contributed by atoms with Gasteiger partial charge in [-0.05, 0) is 26.5 Å². The molecule has 72 valence electrons. The lowest BCUT2D eigenvalue weighted by molar-refractivity contribution is -0.145. The van der Waals surface area contributed by atoms with Crippen molar-refractivity contribution in [1.29, 1.82) is 0 Å². The van der Waals surface area contributed by atoms with Crippen molar-refractivity contribution in [2.45, 2.75) is 38.4 Å². The smallest absolute Gasteiger partial charge is 0.321 e. The Hall–Kier alpha value is -0.180. The Bertz CT molecular complexity index is 143. The fourth-order valence-corrected chi connectivity index (χ4v) is 0.792. The quantitative estimate of drug-likeness (QED) is 0.492. The van der Waals surface area contributed by atoms with Gasteiger partial charge in [-0.3, -0.25) is 4.79 Å². The van der Waals surface area contributed by atoms with E-state index in [-0.39, 0.29) is 5.97 Å². The minimum Gasteiger partial charge on any atom is -0.465 e. The molecular formula is C9H18O2S. The summed E-state index contributed by atoms with van der Waals surface area (Å²) in [4.78, 5) is 11.3. The third-order valence-corrected chi connectivity index (χ3v) is 2.92. The van der Waals surface area contributed by atoms with Crippen molar-refractivity contribution in [3.05, 3.63) is 0 Å². The molecule has 0 spiro atoms. The number of esters is 1. The van der Waals surface area contributed by atoms with Gasteiger partial charge >= 0.3 is 5.97 Å². The number of ether oxygens (including phenoxy) is 1. The third-order valence-electron chi connectivity index (χ3n) is 1.73. The highest BCUT2D eigenvalue weighted by Crippen LogP contribution is 2.22. The molecule has 0 bridgehead atoms. The molecule has 0 aromatic carbocycles. The van der Waals surface area contributed by atoms with Gasteiger partial charge < -0.3 is 4.74 Å². The zero-order chi connectivity index (χ0) is 9.61. The molecule has 0 aromatic rings. The summed E-state index contributed by atoms with van der Waals surface area (Å²) in [5.41, 5.74) is 0. The van der Waals surface area contributed by atoms with Gasteiger partial charge in [-0.1, -0.05) is 13.3 Å². The van der Waals surface area contributed by atoms with E-state index in [4.69, 9.17) is 4.74 Å². The van der Waals surface area contributed by atoms with Gasteiger partial charge in [0.05, 0.1) is 6.61 Å². The monoisotopic (exact) mass is 190 g/mol. The molecule has 0 aromatic heterocycles. The zero-order valence-electron chi connectivity index (χ0n) is 8.35. The van der Waals surface area contributed by atoms with Crippen LogP contribution in [0.1, 0.15) is 33.6 Å². The normalized spacial score (nSPS) is 11.3. The summed E-state index contributed by atoms with van der Waals surface area (Å²) in [6.45, 7) is 6.39. The van der Waals surface area contributed by atoms with Crippen LogP contribution in [-0.4, -0.2) is 23.6 Å². The third kappa shape index (κ3) is 4.00. The van der Waals surface area contributed by atoms with Crippen LogP contribution in [-0.2, 0) is 9.53 Å². The molecule has 0 fully saturated rings. The van der Waals surface area contributed by atoms with E-state index in [1.165, 1.54) is 11.8 Å². The lowest BCUT2D eigenvalue weighted by Crippen LogP contribution is -2.29. The summed E-state index contributed by atoms with van der Waals surface area (Å²) < 4.78 is 4.68. The van der Waals surface area contributed by atoms with E-state index >= 15 is 0 Å². The largest absolute Gasteiger partial charge is 0.465 e. The molecule has 0 atom stereocenters. The molecule has 0 aliphatic rings. The van der Waals surface area contributed by atoms with Crippen molar-refractivity contribution in [1.82, 2.24) is 0 Å². The number of carbonyl (C=O) groups excluding carboxylic acids is 1. The van der Waals surface area contributed by atoms with Crippen LogP contribution in [0.5, 0.6) is 0 Å².